The molecule has 3 aromatic rings. The number of amides is 3. The van der Waals surface area contributed by atoms with E-state index < -0.39 is 22.6 Å². The molecule has 0 fully saturated rings. The van der Waals surface area contributed by atoms with E-state index in [4.69, 9.17) is 0 Å². The minimum absolute atomic E-state index is 0.0754. The number of hydrogen-bond acceptors (Lipinski definition) is 5. The van der Waals surface area contributed by atoms with E-state index >= 15 is 0 Å². The van der Waals surface area contributed by atoms with Crippen molar-refractivity contribution in [1.29, 1.82) is 0 Å². The molecule has 0 unspecified atom stereocenters. The van der Waals surface area contributed by atoms with Crippen molar-refractivity contribution in [2.24, 2.45) is 0 Å². The molecule has 0 atom stereocenters. The van der Waals surface area contributed by atoms with E-state index in [0.717, 1.165) is 10.5 Å². The molecule has 0 saturated heterocycles. The predicted octanol–water partition coefficient (Wildman–Crippen LogP) is 3.80. The van der Waals surface area contributed by atoms with E-state index in [0.29, 0.717) is 5.69 Å². The zero-order chi connectivity index (χ0) is 22.1. The van der Waals surface area contributed by atoms with Crippen LogP contribution < -0.4 is 4.90 Å². The Bertz CT molecular complexity index is 1180. The van der Waals surface area contributed by atoms with E-state index in [1.807, 2.05) is 6.92 Å². The van der Waals surface area contributed by atoms with Crippen molar-refractivity contribution >= 4 is 29.1 Å². The molecule has 3 aromatic carbocycles. The predicted molar refractivity (Wildman–Crippen MR) is 113 cm³/mol. The number of nitro groups is 1. The second kappa shape index (κ2) is 7.83. The van der Waals surface area contributed by atoms with Gasteiger partial charge in [0.25, 0.3) is 23.4 Å². The third-order valence-electron chi connectivity index (χ3n) is 5.06. The van der Waals surface area contributed by atoms with Crippen LogP contribution in [0.2, 0.25) is 0 Å². The normalized spacial score (nSPS) is 12.6. The van der Waals surface area contributed by atoms with Gasteiger partial charge in [-0.15, -0.1) is 0 Å². The number of nitrogens with zero attached hydrogens (tertiary/aromatic N) is 3. The Hall–Kier alpha value is -4.33. The van der Waals surface area contributed by atoms with Gasteiger partial charge in [-0.25, -0.2) is 0 Å². The summed E-state index contributed by atoms with van der Waals surface area (Å²) in [5, 5.41) is 11.1. The maximum absolute atomic E-state index is 13.3. The molecule has 0 aromatic heterocycles. The quantitative estimate of drug-likeness (QED) is 0.358. The van der Waals surface area contributed by atoms with E-state index in [9.17, 15) is 24.5 Å². The third-order valence-corrected chi connectivity index (χ3v) is 5.06. The zero-order valence-electron chi connectivity index (χ0n) is 16.5. The van der Waals surface area contributed by atoms with Crippen LogP contribution in [0, 0.1) is 17.0 Å². The van der Waals surface area contributed by atoms with Crippen molar-refractivity contribution in [2.45, 2.75) is 6.92 Å². The van der Waals surface area contributed by atoms with Crippen LogP contribution in [-0.2, 0) is 0 Å². The van der Waals surface area contributed by atoms with Gasteiger partial charge in [0.05, 0.1) is 16.1 Å². The molecule has 0 aliphatic carbocycles. The second-order valence-corrected chi connectivity index (χ2v) is 7.10. The van der Waals surface area contributed by atoms with Crippen molar-refractivity contribution < 1.29 is 19.3 Å². The van der Waals surface area contributed by atoms with Gasteiger partial charge in [-0.2, -0.15) is 0 Å². The first-order valence-corrected chi connectivity index (χ1v) is 9.45. The molecular weight excluding hydrogens is 398 g/mol. The summed E-state index contributed by atoms with van der Waals surface area (Å²) < 4.78 is 0. The summed E-state index contributed by atoms with van der Waals surface area (Å²) in [5.74, 6) is -1.56. The fourth-order valence-corrected chi connectivity index (χ4v) is 3.41. The SMILES string of the molecule is Cc1ccc(N(CN2C(=O)c3ccccc3C2=O)C(=O)c2cccc([N+](=O)[O-])c2)cc1. The molecule has 1 heterocycles. The number of aryl methyl sites for hydroxylation is 1. The highest BCUT2D eigenvalue weighted by Crippen LogP contribution is 2.26. The van der Waals surface area contributed by atoms with Crippen LogP contribution in [0.15, 0.2) is 72.8 Å². The first-order chi connectivity index (χ1) is 14.9. The van der Waals surface area contributed by atoms with Gasteiger partial charge >= 0.3 is 0 Å². The first-order valence-electron chi connectivity index (χ1n) is 9.45. The Morgan fingerprint density at radius 3 is 2.13 bits per heavy atom. The average molecular weight is 415 g/mol. The molecule has 3 amide bonds. The molecule has 4 rings (SSSR count). The molecule has 0 spiro atoms. The lowest BCUT2D eigenvalue weighted by molar-refractivity contribution is -0.384. The highest BCUT2D eigenvalue weighted by atomic mass is 16.6. The average Bonchev–Trinajstić information content (AvgIpc) is 3.02. The van der Waals surface area contributed by atoms with Gasteiger partial charge in [0, 0.05) is 23.4 Å². The number of anilines is 1. The van der Waals surface area contributed by atoms with Gasteiger partial charge in [0.15, 0.2) is 0 Å². The fourth-order valence-electron chi connectivity index (χ4n) is 3.41. The molecule has 1 aliphatic rings. The second-order valence-electron chi connectivity index (χ2n) is 7.10. The van der Waals surface area contributed by atoms with Crippen molar-refractivity contribution in [3.8, 4) is 0 Å². The summed E-state index contributed by atoms with van der Waals surface area (Å²) in [6.07, 6.45) is 0. The number of carbonyl (C=O) groups excluding carboxylic acids is 3. The smallest absolute Gasteiger partial charge is 0.270 e. The van der Waals surface area contributed by atoms with Gasteiger partial charge in [0.2, 0.25) is 0 Å². The Morgan fingerprint density at radius 2 is 1.55 bits per heavy atom. The molecule has 154 valence electrons. The molecule has 1 aliphatic heterocycles. The van der Waals surface area contributed by atoms with E-state index in [2.05, 4.69) is 0 Å². The summed E-state index contributed by atoms with van der Waals surface area (Å²) in [4.78, 5) is 51.8. The number of non-ortho nitro benzene ring substituents is 1. The third kappa shape index (κ3) is 3.66. The summed E-state index contributed by atoms with van der Waals surface area (Å²) in [6, 6.07) is 18.8. The number of nitro benzene ring substituents is 1. The minimum atomic E-state index is -0.586. The summed E-state index contributed by atoms with van der Waals surface area (Å²) >= 11 is 0. The molecule has 8 nitrogen and oxygen atoms in total. The number of benzene rings is 3. The summed E-state index contributed by atoms with van der Waals surface area (Å²) in [6.45, 7) is 1.57. The minimum Gasteiger partial charge on any atom is -0.290 e. The van der Waals surface area contributed by atoms with E-state index in [-0.39, 0.29) is 29.0 Å². The molecule has 0 bridgehead atoms. The van der Waals surface area contributed by atoms with Crippen LogP contribution in [0.5, 0.6) is 0 Å². The maximum Gasteiger partial charge on any atom is 0.270 e. The summed E-state index contributed by atoms with van der Waals surface area (Å²) in [5.41, 5.74) is 1.83. The molecule has 0 radical (unpaired) electrons. The van der Waals surface area contributed by atoms with Gasteiger partial charge in [-0.1, -0.05) is 35.9 Å². The molecule has 0 N–H and O–H groups in total. The van der Waals surface area contributed by atoms with Crippen LogP contribution >= 0.6 is 0 Å². The molecular formula is C23H17N3O5. The lowest BCUT2D eigenvalue weighted by Crippen LogP contribution is -2.44. The number of hydrogen-bond donors (Lipinski definition) is 0. The topological polar surface area (TPSA) is 101 Å². The van der Waals surface area contributed by atoms with Crippen LogP contribution in [0.25, 0.3) is 0 Å². The van der Waals surface area contributed by atoms with Gasteiger partial charge in [-0.3, -0.25) is 34.3 Å². The van der Waals surface area contributed by atoms with Crippen molar-refractivity contribution in [1.82, 2.24) is 4.90 Å². The number of fused-ring (bicyclic) bond motifs is 1. The van der Waals surface area contributed by atoms with Gasteiger partial charge < -0.3 is 0 Å². The Morgan fingerprint density at radius 1 is 0.935 bits per heavy atom. The summed E-state index contributed by atoms with van der Waals surface area (Å²) in [7, 11) is 0. The highest BCUT2D eigenvalue weighted by molar-refractivity contribution is 6.22. The molecule has 31 heavy (non-hydrogen) atoms. The monoisotopic (exact) mass is 415 g/mol. The zero-order valence-corrected chi connectivity index (χ0v) is 16.5. The Labute approximate surface area is 177 Å². The van der Waals surface area contributed by atoms with Crippen LogP contribution in [0.3, 0.4) is 0 Å². The van der Waals surface area contributed by atoms with Gasteiger partial charge in [0.1, 0.15) is 6.67 Å². The Kier molecular flexibility index (Phi) is 5.04. The van der Waals surface area contributed by atoms with E-state index in [1.54, 1.807) is 48.5 Å². The number of carbonyl (C=O) groups is 3. The molecule has 0 saturated carbocycles. The number of imide groups is 1. The van der Waals surface area contributed by atoms with Crippen LogP contribution in [0.4, 0.5) is 11.4 Å². The lowest BCUT2D eigenvalue weighted by atomic mass is 10.1. The van der Waals surface area contributed by atoms with Crippen LogP contribution in [0.1, 0.15) is 36.6 Å². The van der Waals surface area contributed by atoms with Gasteiger partial charge in [-0.05, 0) is 37.3 Å². The van der Waals surface area contributed by atoms with Crippen molar-refractivity contribution in [3.63, 3.8) is 0 Å². The van der Waals surface area contributed by atoms with E-state index in [1.165, 1.54) is 29.2 Å². The standard InChI is InChI=1S/C23H17N3O5/c1-15-9-11-17(12-10-15)24(21(27)16-5-4-6-18(13-16)26(30)31)14-25-22(28)19-7-2-3-8-20(19)23(25)29/h2-13H,14H2,1H3. The largest absolute Gasteiger partial charge is 0.290 e. The fraction of sp³-hybridized carbons (Fsp3) is 0.0870. The molecule has 8 heteroatoms. The number of rotatable bonds is 5. The van der Waals surface area contributed by atoms with Crippen molar-refractivity contribution in [2.75, 3.05) is 11.6 Å². The maximum atomic E-state index is 13.3. The highest BCUT2D eigenvalue weighted by Gasteiger charge is 2.37. The van der Waals surface area contributed by atoms with Crippen molar-refractivity contribution in [3.05, 3.63) is 105 Å². The lowest BCUT2D eigenvalue weighted by Gasteiger charge is -2.27. The van der Waals surface area contributed by atoms with Crippen LogP contribution in [-0.4, -0.2) is 34.2 Å². The first kappa shape index (κ1) is 20.0. The Balaban J connectivity index is 1.72.